The molecule has 2 aliphatic heterocycles. The molecule has 1 amide bonds. The first-order chi connectivity index (χ1) is 25.1. The Labute approximate surface area is 311 Å². The molecule has 14 heteroatoms. The van der Waals surface area contributed by atoms with E-state index in [2.05, 4.69) is 19.2 Å². The fourth-order valence-electron chi connectivity index (χ4n) is 6.88. The zero-order valence-electron chi connectivity index (χ0n) is 31.8. The topological polar surface area (TPSA) is 228 Å². The van der Waals surface area contributed by atoms with Gasteiger partial charge in [0.15, 0.2) is 12.6 Å². The molecule has 52 heavy (non-hydrogen) atoms. The second-order valence-electron chi connectivity index (χ2n) is 14.8. The molecule has 308 valence electrons. The van der Waals surface area contributed by atoms with Crippen LogP contribution in [-0.2, 0) is 23.7 Å². The van der Waals surface area contributed by atoms with Gasteiger partial charge < -0.3 is 65.1 Å². The van der Waals surface area contributed by atoms with Gasteiger partial charge in [-0.25, -0.2) is 0 Å². The van der Waals surface area contributed by atoms with Crippen LogP contribution in [0.3, 0.4) is 0 Å². The van der Waals surface area contributed by atoms with Gasteiger partial charge in [0.2, 0.25) is 5.91 Å². The summed E-state index contributed by atoms with van der Waals surface area (Å²) in [4.78, 5) is 13.0. The predicted molar refractivity (Wildman–Crippen MR) is 194 cm³/mol. The number of rotatable bonds is 29. The van der Waals surface area contributed by atoms with Crippen LogP contribution in [0, 0.1) is 0 Å². The van der Waals surface area contributed by atoms with E-state index in [0.29, 0.717) is 12.8 Å². The van der Waals surface area contributed by atoms with E-state index >= 15 is 0 Å². The molecule has 2 saturated heterocycles. The van der Waals surface area contributed by atoms with Crippen molar-refractivity contribution in [1.29, 1.82) is 0 Å². The molecule has 2 rings (SSSR count). The Bertz CT molecular complexity index is 899. The fraction of sp³-hybridized carbons (Fsp3) is 0.974. The lowest BCUT2D eigenvalue weighted by atomic mass is 9.97. The van der Waals surface area contributed by atoms with Crippen molar-refractivity contribution in [3.05, 3.63) is 0 Å². The van der Waals surface area contributed by atoms with Gasteiger partial charge in [0.05, 0.1) is 32.0 Å². The Morgan fingerprint density at radius 2 is 1.10 bits per heavy atom. The summed E-state index contributed by atoms with van der Waals surface area (Å²) in [7, 11) is 0. The summed E-state index contributed by atoms with van der Waals surface area (Å²) in [6.07, 6.45) is 4.49. The zero-order valence-corrected chi connectivity index (χ0v) is 31.8. The highest BCUT2D eigenvalue weighted by Gasteiger charge is 2.50. The van der Waals surface area contributed by atoms with Gasteiger partial charge in [-0.15, -0.1) is 0 Å². The fourth-order valence-corrected chi connectivity index (χ4v) is 6.88. The summed E-state index contributed by atoms with van der Waals surface area (Å²) in [5, 5.41) is 86.0. The highest BCUT2D eigenvalue weighted by atomic mass is 16.7. The van der Waals surface area contributed by atoms with E-state index in [9.17, 15) is 45.6 Å². The van der Waals surface area contributed by atoms with Crippen LogP contribution in [0.15, 0.2) is 0 Å². The van der Waals surface area contributed by atoms with Crippen LogP contribution in [0.25, 0.3) is 0 Å². The molecule has 9 N–H and O–H groups in total. The first kappa shape index (κ1) is 47.1. The Hall–Kier alpha value is -1.01. The van der Waals surface area contributed by atoms with Crippen molar-refractivity contribution >= 4 is 5.91 Å². The van der Waals surface area contributed by atoms with Gasteiger partial charge >= 0.3 is 0 Å². The molecule has 14 nitrogen and oxygen atoms in total. The molecule has 0 saturated carbocycles. The van der Waals surface area contributed by atoms with Crippen LogP contribution < -0.4 is 5.32 Å². The smallest absolute Gasteiger partial charge is 0.220 e. The van der Waals surface area contributed by atoms with Crippen molar-refractivity contribution in [2.45, 2.75) is 216 Å². The molecule has 0 aromatic heterocycles. The van der Waals surface area contributed by atoms with Crippen molar-refractivity contribution in [3.8, 4) is 0 Å². The van der Waals surface area contributed by atoms with Gasteiger partial charge in [0.1, 0.15) is 48.8 Å². The summed E-state index contributed by atoms with van der Waals surface area (Å²) in [6, 6.07) is -0.816. The first-order valence-electron chi connectivity index (χ1n) is 20.3. The molecular formula is C38H73NO13. The number of nitrogens with one attached hydrogen (secondary N) is 1. The molecule has 2 heterocycles. The maximum absolute atomic E-state index is 13.0. The first-order valence-corrected chi connectivity index (χ1v) is 20.3. The highest BCUT2D eigenvalue weighted by molar-refractivity contribution is 5.76. The third-order valence-electron chi connectivity index (χ3n) is 10.3. The molecule has 0 aromatic rings. The number of amides is 1. The summed E-state index contributed by atoms with van der Waals surface area (Å²) in [5.74, 6) is -0.214. The normalized spacial score (nSPS) is 30.7. The second kappa shape index (κ2) is 27.6. The van der Waals surface area contributed by atoms with E-state index in [0.717, 1.165) is 64.2 Å². The molecule has 12 atom stereocenters. The van der Waals surface area contributed by atoms with Gasteiger partial charge in [-0.05, 0) is 12.8 Å². The molecule has 0 aliphatic carbocycles. The molecule has 0 aromatic carbocycles. The number of carbonyl (C=O) groups is 1. The predicted octanol–water partition coefficient (Wildman–Crippen LogP) is 2.31. The monoisotopic (exact) mass is 752 g/mol. The second-order valence-corrected chi connectivity index (χ2v) is 14.8. The SMILES string of the molecule is CCCCCCCCCCCCCCC(=O)NC(COC1OC(CO)C(OC2OC(CO)C(O)C(O)C2O)C(O)C1O)C(O)CCCCCCCC. The maximum atomic E-state index is 13.0. The van der Waals surface area contributed by atoms with Gasteiger partial charge in [-0.3, -0.25) is 4.79 Å². The van der Waals surface area contributed by atoms with Crippen molar-refractivity contribution in [3.63, 3.8) is 0 Å². The average Bonchev–Trinajstić information content (AvgIpc) is 3.14. The zero-order chi connectivity index (χ0) is 38.3. The van der Waals surface area contributed by atoms with Crippen LogP contribution in [0.5, 0.6) is 0 Å². The van der Waals surface area contributed by atoms with Gasteiger partial charge in [-0.2, -0.15) is 0 Å². The molecule has 2 aliphatic rings. The quantitative estimate of drug-likeness (QED) is 0.0501. The number of ether oxygens (including phenoxy) is 4. The Morgan fingerprint density at radius 3 is 1.63 bits per heavy atom. The molecule has 12 unspecified atom stereocenters. The standard InChI is InChI=1S/C38H73NO13/c1-3-5-7-9-11-12-13-14-15-16-18-20-22-30(43)39-26(27(42)21-19-17-10-8-6-4-2)25-49-37-35(48)33(46)36(29(24-41)51-37)52-38-34(47)32(45)31(44)28(23-40)50-38/h26-29,31-38,40-42,44-48H,3-25H2,1-2H3,(H,39,43). The maximum Gasteiger partial charge on any atom is 0.220 e. The number of carbonyl (C=O) groups excluding carboxylic acids is 1. The Morgan fingerprint density at radius 1 is 0.615 bits per heavy atom. The van der Waals surface area contributed by atoms with Gasteiger partial charge in [0.25, 0.3) is 0 Å². The largest absolute Gasteiger partial charge is 0.394 e. The third-order valence-corrected chi connectivity index (χ3v) is 10.3. The minimum Gasteiger partial charge on any atom is -0.394 e. The van der Waals surface area contributed by atoms with E-state index < -0.39 is 86.8 Å². The summed E-state index contributed by atoms with van der Waals surface area (Å²) < 4.78 is 22.5. The lowest BCUT2D eigenvalue weighted by Crippen LogP contribution is -2.65. The van der Waals surface area contributed by atoms with E-state index in [4.69, 9.17) is 18.9 Å². The summed E-state index contributed by atoms with van der Waals surface area (Å²) in [6.45, 7) is 2.73. The number of hydrogen-bond donors (Lipinski definition) is 9. The van der Waals surface area contributed by atoms with Gasteiger partial charge in [-0.1, -0.05) is 123 Å². The van der Waals surface area contributed by atoms with Crippen LogP contribution in [0.4, 0.5) is 0 Å². The van der Waals surface area contributed by atoms with Gasteiger partial charge in [0, 0.05) is 6.42 Å². The van der Waals surface area contributed by atoms with E-state index in [-0.39, 0.29) is 12.5 Å². The lowest BCUT2D eigenvalue weighted by molar-refractivity contribution is -0.359. The molecule has 0 bridgehead atoms. The van der Waals surface area contributed by atoms with Crippen LogP contribution in [0.2, 0.25) is 0 Å². The van der Waals surface area contributed by atoms with Crippen LogP contribution >= 0.6 is 0 Å². The Kier molecular flexibility index (Phi) is 25.0. The molecule has 0 radical (unpaired) electrons. The van der Waals surface area contributed by atoms with E-state index in [1.165, 1.54) is 51.4 Å². The highest BCUT2D eigenvalue weighted by Crippen LogP contribution is 2.30. The van der Waals surface area contributed by atoms with Crippen molar-refractivity contribution in [2.24, 2.45) is 0 Å². The molecular weight excluding hydrogens is 678 g/mol. The number of unbranched alkanes of at least 4 members (excludes halogenated alkanes) is 16. The average molecular weight is 752 g/mol. The molecule has 0 spiro atoms. The minimum atomic E-state index is -1.78. The minimum absolute atomic E-state index is 0.214. The van der Waals surface area contributed by atoms with Crippen LogP contribution in [-0.4, -0.2) is 140 Å². The molecule has 2 fully saturated rings. The third kappa shape index (κ3) is 16.8. The van der Waals surface area contributed by atoms with Crippen molar-refractivity contribution < 1.29 is 64.6 Å². The van der Waals surface area contributed by atoms with Crippen LogP contribution in [0.1, 0.15) is 142 Å². The lowest BCUT2D eigenvalue weighted by Gasteiger charge is -2.46. The number of hydrogen-bond acceptors (Lipinski definition) is 13. The van der Waals surface area contributed by atoms with Crippen molar-refractivity contribution in [1.82, 2.24) is 5.32 Å². The number of aliphatic hydroxyl groups is 8. The van der Waals surface area contributed by atoms with E-state index in [1.54, 1.807) is 0 Å². The Balaban J connectivity index is 1.90. The number of aliphatic hydroxyl groups excluding tert-OH is 8. The van der Waals surface area contributed by atoms with E-state index in [1.807, 2.05) is 0 Å². The van der Waals surface area contributed by atoms with Crippen molar-refractivity contribution in [2.75, 3.05) is 19.8 Å². The summed E-state index contributed by atoms with van der Waals surface area (Å²) >= 11 is 0. The summed E-state index contributed by atoms with van der Waals surface area (Å²) in [5.41, 5.74) is 0.